The molecule has 1 heterocycles. The molecule has 1 aliphatic rings. The lowest BCUT2D eigenvalue weighted by Crippen LogP contribution is -2.24. The normalized spacial score (nSPS) is 18.9. The summed E-state index contributed by atoms with van der Waals surface area (Å²) in [5.41, 5.74) is 8.94. The summed E-state index contributed by atoms with van der Waals surface area (Å²) in [6.45, 7) is 7.65. The molecule has 1 aromatic rings. The molecule has 0 saturated heterocycles. The third-order valence-electron chi connectivity index (χ3n) is 3.39. The lowest BCUT2D eigenvalue weighted by molar-refractivity contribution is 0.431. The second-order valence-corrected chi connectivity index (χ2v) is 5.17. The van der Waals surface area contributed by atoms with Crippen molar-refractivity contribution >= 4 is 5.82 Å². The third-order valence-corrected chi connectivity index (χ3v) is 3.39. The number of nitrogen functional groups attached to an aromatic ring is 1. The quantitative estimate of drug-likeness (QED) is 0.809. The molecule has 0 spiro atoms. The third kappa shape index (κ3) is 1.64. The van der Waals surface area contributed by atoms with Crippen LogP contribution in [0.25, 0.3) is 0 Å². The van der Waals surface area contributed by atoms with Crippen LogP contribution in [0.4, 0.5) is 5.82 Å². The molecule has 0 atom stereocenters. The summed E-state index contributed by atoms with van der Waals surface area (Å²) in [4.78, 5) is 0. The van der Waals surface area contributed by atoms with Crippen LogP contribution in [0.15, 0.2) is 0 Å². The van der Waals surface area contributed by atoms with E-state index >= 15 is 0 Å². The van der Waals surface area contributed by atoms with Gasteiger partial charge in [0.2, 0.25) is 0 Å². The number of aromatic nitrogens is 2. The fraction of sp³-hybridized carbons (Fsp3) is 0.750. The van der Waals surface area contributed by atoms with Crippen molar-refractivity contribution in [2.24, 2.45) is 0 Å². The summed E-state index contributed by atoms with van der Waals surface area (Å²) in [5, 5.41) is 4.63. The van der Waals surface area contributed by atoms with Crippen molar-refractivity contribution in [2.45, 2.75) is 58.4 Å². The molecule has 2 rings (SSSR count). The van der Waals surface area contributed by atoms with Gasteiger partial charge in [-0.1, -0.05) is 20.8 Å². The Morgan fingerprint density at radius 3 is 2.80 bits per heavy atom. The predicted molar refractivity (Wildman–Crippen MR) is 62.9 cm³/mol. The van der Waals surface area contributed by atoms with Gasteiger partial charge in [0.25, 0.3) is 0 Å². The van der Waals surface area contributed by atoms with Crippen LogP contribution in [0.3, 0.4) is 0 Å². The van der Waals surface area contributed by atoms with E-state index in [1.807, 2.05) is 4.68 Å². The second-order valence-electron chi connectivity index (χ2n) is 5.17. The number of rotatable bonds is 2. The molecule has 2 N–H and O–H groups in total. The summed E-state index contributed by atoms with van der Waals surface area (Å²) in [6.07, 6.45) is 4.65. The van der Waals surface area contributed by atoms with Gasteiger partial charge < -0.3 is 5.73 Å². The van der Waals surface area contributed by atoms with Crippen LogP contribution in [-0.4, -0.2) is 9.78 Å². The highest BCUT2D eigenvalue weighted by Gasteiger charge is 2.32. The number of anilines is 1. The molecule has 3 heteroatoms. The van der Waals surface area contributed by atoms with Crippen LogP contribution < -0.4 is 5.73 Å². The first-order valence-corrected chi connectivity index (χ1v) is 5.92. The Hall–Kier alpha value is -0.990. The smallest absolute Gasteiger partial charge is 0.125 e. The van der Waals surface area contributed by atoms with Gasteiger partial charge in [-0.15, -0.1) is 0 Å². The van der Waals surface area contributed by atoms with E-state index in [4.69, 9.17) is 5.73 Å². The number of nitrogens with two attached hydrogens (primary N) is 1. The van der Waals surface area contributed by atoms with E-state index in [9.17, 15) is 0 Å². The lowest BCUT2D eigenvalue weighted by Gasteiger charge is -2.29. The van der Waals surface area contributed by atoms with Crippen LogP contribution in [0.5, 0.6) is 0 Å². The predicted octanol–water partition coefficient (Wildman–Crippen LogP) is 2.49. The van der Waals surface area contributed by atoms with Gasteiger partial charge in [-0.3, -0.25) is 0 Å². The standard InChI is InChI=1S/C12H21N3/c1-4-8-15-11(13)10-9(14-15)6-5-7-12(10,2)3/h4-8,13H2,1-3H3. The minimum absolute atomic E-state index is 0.212. The Morgan fingerprint density at radius 2 is 2.20 bits per heavy atom. The number of aryl methyl sites for hydroxylation is 2. The van der Waals surface area contributed by atoms with Gasteiger partial charge in [-0.2, -0.15) is 5.10 Å². The maximum atomic E-state index is 6.19. The molecule has 15 heavy (non-hydrogen) atoms. The van der Waals surface area contributed by atoms with E-state index < -0.39 is 0 Å². The molecular formula is C12H21N3. The van der Waals surface area contributed by atoms with Crippen LogP contribution in [0.2, 0.25) is 0 Å². The highest BCUT2D eigenvalue weighted by molar-refractivity contribution is 5.49. The molecule has 1 aromatic heterocycles. The van der Waals surface area contributed by atoms with Gasteiger partial charge in [0.1, 0.15) is 5.82 Å². The van der Waals surface area contributed by atoms with Crippen LogP contribution in [-0.2, 0) is 18.4 Å². The van der Waals surface area contributed by atoms with Gasteiger partial charge in [-0.25, -0.2) is 4.68 Å². The van der Waals surface area contributed by atoms with Crippen molar-refractivity contribution in [3.05, 3.63) is 11.3 Å². The van der Waals surface area contributed by atoms with Crippen LogP contribution >= 0.6 is 0 Å². The highest BCUT2D eigenvalue weighted by atomic mass is 15.3. The largest absolute Gasteiger partial charge is 0.384 e. The molecule has 84 valence electrons. The van der Waals surface area contributed by atoms with Crippen molar-refractivity contribution in [3.63, 3.8) is 0 Å². The molecule has 0 fully saturated rings. The topological polar surface area (TPSA) is 43.8 Å². The first-order chi connectivity index (χ1) is 7.06. The monoisotopic (exact) mass is 207 g/mol. The zero-order valence-corrected chi connectivity index (χ0v) is 10.0. The maximum Gasteiger partial charge on any atom is 0.125 e. The average Bonchev–Trinajstić information content (AvgIpc) is 2.45. The zero-order valence-electron chi connectivity index (χ0n) is 10.0. The van der Waals surface area contributed by atoms with Crippen molar-refractivity contribution in [1.29, 1.82) is 0 Å². The van der Waals surface area contributed by atoms with Crippen molar-refractivity contribution in [3.8, 4) is 0 Å². The molecule has 0 radical (unpaired) electrons. The Balaban J connectivity index is 2.47. The van der Waals surface area contributed by atoms with Crippen molar-refractivity contribution < 1.29 is 0 Å². The van der Waals surface area contributed by atoms with Crippen LogP contribution in [0.1, 0.15) is 51.3 Å². The zero-order chi connectivity index (χ0) is 11.1. The number of hydrogen-bond acceptors (Lipinski definition) is 2. The highest BCUT2D eigenvalue weighted by Crippen LogP contribution is 2.39. The van der Waals surface area contributed by atoms with Gasteiger partial charge in [0, 0.05) is 12.1 Å². The first-order valence-electron chi connectivity index (χ1n) is 5.92. The van der Waals surface area contributed by atoms with Crippen molar-refractivity contribution in [2.75, 3.05) is 5.73 Å². The Labute approximate surface area is 91.7 Å². The van der Waals surface area contributed by atoms with E-state index in [1.165, 1.54) is 24.1 Å². The summed E-state index contributed by atoms with van der Waals surface area (Å²) in [7, 11) is 0. The molecule has 3 nitrogen and oxygen atoms in total. The molecule has 0 unspecified atom stereocenters. The molecular weight excluding hydrogens is 186 g/mol. The Bertz CT molecular complexity index is 363. The van der Waals surface area contributed by atoms with E-state index in [-0.39, 0.29) is 5.41 Å². The lowest BCUT2D eigenvalue weighted by atomic mass is 9.75. The Morgan fingerprint density at radius 1 is 1.47 bits per heavy atom. The fourth-order valence-corrected chi connectivity index (χ4v) is 2.64. The minimum Gasteiger partial charge on any atom is -0.384 e. The number of hydrogen-bond donors (Lipinski definition) is 1. The fourth-order valence-electron chi connectivity index (χ4n) is 2.64. The molecule has 0 amide bonds. The molecule has 0 aromatic carbocycles. The summed E-state index contributed by atoms with van der Waals surface area (Å²) in [6, 6.07) is 0. The molecule has 1 aliphatic carbocycles. The first kappa shape index (κ1) is 10.5. The van der Waals surface area contributed by atoms with E-state index in [0.29, 0.717) is 0 Å². The average molecular weight is 207 g/mol. The maximum absolute atomic E-state index is 6.19. The molecule has 0 aliphatic heterocycles. The summed E-state index contributed by atoms with van der Waals surface area (Å²) >= 11 is 0. The Kier molecular flexibility index (Phi) is 2.49. The molecule has 0 bridgehead atoms. The second kappa shape index (κ2) is 3.54. The van der Waals surface area contributed by atoms with Gasteiger partial charge in [0.15, 0.2) is 0 Å². The van der Waals surface area contributed by atoms with Crippen LogP contribution in [0, 0.1) is 0 Å². The van der Waals surface area contributed by atoms with Gasteiger partial charge in [-0.05, 0) is 31.1 Å². The number of fused-ring (bicyclic) bond motifs is 1. The number of nitrogens with zero attached hydrogens (tertiary/aromatic N) is 2. The summed E-state index contributed by atoms with van der Waals surface area (Å²) < 4.78 is 1.98. The summed E-state index contributed by atoms with van der Waals surface area (Å²) in [5.74, 6) is 0.900. The van der Waals surface area contributed by atoms with Gasteiger partial charge in [0.05, 0.1) is 5.69 Å². The van der Waals surface area contributed by atoms with Crippen molar-refractivity contribution in [1.82, 2.24) is 9.78 Å². The van der Waals surface area contributed by atoms with E-state index in [2.05, 4.69) is 25.9 Å². The minimum atomic E-state index is 0.212. The van der Waals surface area contributed by atoms with Gasteiger partial charge >= 0.3 is 0 Å². The van der Waals surface area contributed by atoms with E-state index in [1.54, 1.807) is 0 Å². The SMILES string of the molecule is CCCn1nc2c(c1N)C(C)(C)CCC2. The molecule has 0 saturated carbocycles. The van der Waals surface area contributed by atoms with E-state index in [0.717, 1.165) is 25.2 Å².